The number of hydrogen-bond acceptors (Lipinski definition) is 4. The number of rotatable bonds is 5. The summed E-state index contributed by atoms with van der Waals surface area (Å²) in [5, 5.41) is 3.33. The number of thioether (sulfide) groups is 1. The lowest BCUT2D eigenvalue weighted by Crippen LogP contribution is -2.45. The Kier molecular flexibility index (Phi) is 5.72. The minimum absolute atomic E-state index is 0.0330. The maximum atomic E-state index is 12.4. The highest BCUT2D eigenvalue weighted by Gasteiger charge is 2.40. The molecule has 1 spiro atoms. The average molecular weight is 285 g/mol. The highest BCUT2D eigenvalue weighted by atomic mass is 32.2. The van der Waals surface area contributed by atoms with Crippen LogP contribution in [0, 0.1) is 5.92 Å². The van der Waals surface area contributed by atoms with Crippen LogP contribution >= 0.6 is 11.8 Å². The molecule has 0 aromatic heterocycles. The normalized spacial score (nSPS) is 28.2. The summed E-state index contributed by atoms with van der Waals surface area (Å²) in [6.07, 6.45) is 4.82. The molecule has 2 fully saturated rings. The highest BCUT2D eigenvalue weighted by molar-refractivity contribution is 7.99. The number of hydrogen-bond donors (Lipinski definition) is 1. The molecule has 2 aliphatic rings. The number of carbonyl (C=O) groups excluding carboxylic acids is 1. The predicted octanol–water partition coefficient (Wildman–Crippen LogP) is 2.64. The van der Waals surface area contributed by atoms with Crippen LogP contribution in [0.25, 0.3) is 0 Å². The second kappa shape index (κ2) is 7.09. The van der Waals surface area contributed by atoms with Gasteiger partial charge >= 0.3 is 0 Å². The minimum Gasteiger partial charge on any atom is -0.375 e. The Balaban J connectivity index is 1.87. The van der Waals surface area contributed by atoms with Crippen molar-refractivity contribution >= 4 is 17.5 Å². The van der Waals surface area contributed by atoms with Gasteiger partial charge < -0.3 is 10.1 Å². The topological polar surface area (TPSA) is 38.3 Å². The Morgan fingerprint density at radius 1 is 1.47 bits per heavy atom. The molecule has 2 rings (SSSR count). The van der Waals surface area contributed by atoms with Crippen molar-refractivity contribution in [3.63, 3.8) is 0 Å². The van der Waals surface area contributed by atoms with Gasteiger partial charge in [-0.2, -0.15) is 11.8 Å². The van der Waals surface area contributed by atoms with Crippen molar-refractivity contribution in [1.82, 2.24) is 5.32 Å². The van der Waals surface area contributed by atoms with Crippen LogP contribution in [0.2, 0.25) is 0 Å². The van der Waals surface area contributed by atoms with E-state index in [1.165, 1.54) is 11.5 Å². The van der Waals surface area contributed by atoms with Crippen molar-refractivity contribution in [3.05, 3.63) is 0 Å². The minimum atomic E-state index is 0.0330. The molecular weight excluding hydrogens is 258 g/mol. The van der Waals surface area contributed by atoms with E-state index in [0.29, 0.717) is 18.2 Å². The van der Waals surface area contributed by atoms with E-state index in [2.05, 4.69) is 19.2 Å². The third-order valence-electron chi connectivity index (χ3n) is 4.41. The van der Waals surface area contributed by atoms with Gasteiger partial charge in [-0.1, -0.05) is 6.92 Å². The molecule has 0 saturated carbocycles. The summed E-state index contributed by atoms with van der Waals surface area (Å²) in [4.78, 5) is 12.4. The molecule has 3 nitrogen and oxygen atoms in total. The lowest BCUT2D eigenvalue weighted by atomic mass is 9.79. The summed E-state index contributed by atoms with van der Waals surface area (Å²) in [6.45, 7) is 5.90. The average Bonchev–Trinajstić information content (AvgIpc) is 2.40. The SMILES string of the molecule is CCNC(C)CC(=O)C1CCOC2(CCSCC2)C1. The Bertz CT molecular complexity index is 297. The van der Waals surface area contributed by atoms with Gasteiger partial charge in [-0.25, -0.2) is 0 Å². The van der Waals surface area contributed by atoms with Crippen molar-refractivity contribution in [2.75, 3.05) is 24.7 Å². The predicted molar refractivity (Wildman–Crippen MR) is 80.7 cm³/mol. The highest BCUT2D eigenvalue weighted by Crippen LogP contribution is 2.40. The molecule has 2 saturated heterocycles. The van der Waals surface area contributed by atoms with Crippen molar-refractivity contribution < 1.29 is 9.53 Å². The first kappa shape index (κ1) is 15.3. The molecule has 0 aliphatic carbocycles. The monoisotopic (exact) mass is 285 g/mol. The van der Waals surface area contributed by atoms with E-state index in [4.69, 9.17) is 4.74 Å². The zero-order valence-corrected chi connectivity index (χ0v) is 13.1. The fourth-order valence-electron chi connectivity index (χ4n) is 3.28. The molecule has 4 heteroatoms. The Labute approximate surface area is 121 Å². The Morgan fingerprint density at radius 3 is 2.89 bits per heavy atom. The maximum absolute atomic E-state index is 12.4. The second-order valence-corrected chi connectivity index (χ2v) is 7.19. The van der Waals surface area contributed by atoms with Crippen LogP contribution in [0.1, 0.15) is 46.0 Å². The molecule has 0 aromatic rings. The van der Waals surface area contributed by atoms with E-state index in [9.17, 15) is 4.79 Å². The smallest absolute Gasteiger partial charge is 0.137 e. The summed E-state index contributed by atoms with van der Waals surface area (Å²) in [7, 11) is 0. The lowest BCUT2D eigenvalue weighted by Gasteiger charge is -2.43. The first-order valence-electron chi connectivity index (χ1n) is 7.63. The summed E-state index contributed by atoms with van der Waals surface area (Å²) < 4.78 is 6.06. The fraction of sp³-hybridized carbons (Fsp3) is 0.933. The molecule has 2 heterocycles. The Hall–Kier alpha value is -0.0600. The largest absolute Gasteiger partial charge is 0.375 e. The number of Topliss-reactive ketones (excluding diaryl/α,β-unsaturated/α-hetero) is 1. The second-order valence-electron chi connectivity index (χ2n) is 5.96. The van der Waals surface area contributed by atoms with E-state index >= 15 is 0 Å². The van der Waals surface area contributed by atoms with Gasteiger partial charge in [0.2, 0.25) is 0 Å². The zero-order valence-electron chi connectivity index (χ0n) is 12.2. The molecule has 0 aromatic carbocycles. The van der Waals surface area contributed by atoms with Gasteiger partial charge in [0, 0.05) is 25.0 Å². The number of ether oxygens (including phenoxy) is 1. The van der Waals surface area contributed by atoms with E-state index in [-0.39, 0.29) is 11.5 Å². The molecule has 2 unspecified atom stereocenters. The molecule has 0 radical (unpaired) electrons. The fourth-order valence-corrected chi connectivity index (χ4v) is 4.52. The van der Waals surface area contributed by atoms with E-state index in [1.54, 1.807) is 0 Å². The van der Waals surface area contributed by atoms with Crippen LogP contribution in [0.5, 0.6) is 0 Å². The summed E-state index contributed by atoms with van der Waals surface area (Å²) >= 11 is 2.01. The van der Waals surface area contributed by atoms with E-state index in [0.717, 1.165) is 38.8 Å². The van der Waals surface area contributed by atoms with Crippen LogP contribution in [-0.2, 0) is 9.53 Å². The first-order valence-corrected chi connectivity index (χ1v) is 8.78. The van der Waals surface area contributed by atoms with Gasteiger partial charge in [0.1, 0.15) is 5.78 Å². The van der Waals surface area contributed by atoms with Gasteiger partial charge in [0.05, 0.1) is 5.60 Å². The van der Waals surface area contributed by atoms with Crippen LogP contribution < -0.4 is 5.32 Å². The van der Waals surface area contributed by atoms with E-state index < -0.39 is 0 Å². The van der Waals surface area contributed by atoms with Gasteiger partial charge in [-0.05, 0) is 50.7 Å². The summed E-state index contributed by atoms with van der Waals surface area (Å²) in [6, 6.07) is 0.304. The third kappa shape index (κ3) is 4.20. The summed E-state index contributed by atoms with van der Waals surface area (Å²) in [5.74, 6) is 3.05. The molecular formula is C15H27NO2S. The van der Waals surface area contributed by atoms with Crippen LogP contribution in [0.4, 0.5) is 0 Å². The van der Waals surface area contributed by atoms with Gasteiger partial charge in [0.15, 0.2) is 0 Å². The van der Waals surface area contributed by atoms with Crippen LogP contribution in [-0.4, -0.2) is 42.1 Å². The molecule has 2 atom stereocenters. The molecule has 1 N–H and O–H groups in total. The van der Waals surface area contributed by atoms with Gasteiger partial charge in [-0.3, -0.25) is 4.79 Å². The van der Waals surface area contributed by atoms with Crippen LogP contribution in [0.15, 0.2) is 0 Å². The number of ketones is 1. The van der Waals surface area contributed by atoms with Crippen molar-refractivity contribution in [1.29, 1.82) is 0 Å². The van der Waals surface area contributed by atoms with Gasteiger partial charge in [-0.15, -0.1) is 0 Å². The molecule has 2 aliphatic heterocycles. The Morgan fingerprint density at radius 2 is 2.21 bits per heavy atom. The molecule has 110 valence electrons. The third-order valence-corrected chi connectivity index (χ3v) is 5.40. The maximum Gasteiger partial charge on any atom is 0.137 e. The molecule has 0 bridgehead atoms. The standard InChI is InChI=1S/C15H27NO2S/c1-3-16-12(2)10-14(17)13-4-7-18-15(11-13)5-8-19-9-6-15/h12-13,16H,3-11H2,1-2H3. The van der Waals surface area contributed by atoms with Crippen LogP contribution in [0.3, 0.4) is 0 Å². The first-order chi connectivity index (χ1) is 9.15. The molecule has 19 heavy (non-hydrogen) atoms. The lowest BCUT2D eigenvalue weighted by molar-refractivity contribution is -0.138. The van der Waals surface area contributed by atoms with Crippen molar-refractivity contribution in [3.8, 4) is 0 Å². The number of nitrogens with one attached hydrogen (secondary N) is 1. The van der Waals surface area contributed by atoms with E-state index in [1.807, 2.05) is 11.8 Å². The summed E-state index contributed by atoms with van der Waals surface area (Å²) in [5.41, 5.74) is 0.0330. The zero-order chi connectivity index (χ0) is 13.7. The van der Waals surface area contributed by atoms with Crippen molar-refractivity contribution in [2.45, 2.75) is 57.6 Å². The molecule has 0 amide bonds. The van der Waals surface area contributed by atoms with Crippen molar-refractivity contribution in [2.24, 2.45) is 5.92 Å². The quantitative estimate of drug-likeness (QED) is 0.843. The van der Waals surface area contributed by atoms with Gasteiger partial charge in [0.25, 0.3) is 0 Å². The number of carbonyl (C=O) groups is 1.